The fourth-order valence-corrected chi connectivity index (χ4v) is 6.55. The zero-order chi connectivity index (χ0) is 24.2. The van der Waals surface area contributed by atoms with Crippen LogP contribution >= 0.6 is 0 Å². The van der Waals surface area contributed by atoms with Crippen molar-refractivity contribution in [1.29, 1.82) is 0 Å². The average molecular weight is 453 g/mol. The molecule has 3 heteroatoms. The van der Waals surface area contributed by atoms with Crippen LogP contribution in [0.4, 0.5) is 0 Å². The predicted octanol–water partition coefficient (Wildman–Crippen LogP) is 5.87. The third-order valence-electron chi connectivity index (χ3n) is 8.89. The number of aliphatic hydroxyl groups is 3. The van der Waals surface area contributed by atoms with Gasteiger partial charge >= 0.3 is 0 Å². The van der Waals surface area contributed by atoms with Gasteiger partial charge in [-0.2, -0.15) is 0 Å². The van der Waals surface area contributed by atoms with Gasteiger partial charge in [0.1, 0.15) is 5.60 Å². The predicted molar refractivity (Wildman–Crippen MR) is 136 cm³/mol. The molecular formula is C30H44O3. The number of hydrogen-bond acceptors (Lipinski definition) is 3. The van der Waals surface area contributed by atoms with Gasteiger partial charge in [0.25, 0.3) is 0 Å². The molecule has 3 N–H and O–H groups in total. The van der Waals surface area contributed by atoms with Crippen molar-refractivity contribution in [3.8, 4) is 11.8 Å². The number of hydrogen-bond donors (Lipinski definition) is 3. The molecule has 0 spiro atoms. The van der Waals surface area contributed by atoms with Crippen LogP contribution in [0, 0.1) is 35.0 Å². The minimum Gasteiger partial charge on any atom is -0.393 e. The highest BCUT2D eigenvalue weighted by molar-refractivity contribution is 5.38. The van der Waals surface area contributed by atoms with Crippen LogP contribution in [0.2, 0.25) is 0 Å². The maximum absolute atomic E-state index is 10.4. The average Bonchev–Trinajstić information content (AvgIpc) is 3.15. The Morgan fingerprint density at radius 1 is 1.21 bits per heavy atom. The Bertz CT molecular complexity index is 863. The van der Waals surface area contributed by atoms with Gasteiger partial charge in [-0.3, -0.25) is 0 Å². The first kappa shape index (κ1) is 26.0. The summed E-state index contributed by atoms with van der Waals surface area (Å²) >= 11 is 0. The highest BCUT2D eigenvalue weighted by Crippen LogP contribution is 2.59. The molecule has 0 radical (unpaired) electrons. The molecule has 33 heavy (non-hydrogen) atoms. The Kier molecular flexibility index (Phi) is 8.49. The van der Waals surface area contributed by atoms with Crippen LogP contribution in [-0.4, -0.2) is 33.1 Å². The summed E-state index contributed by atoms with van der Waals surface area (Å²) in [6.07, 6.45) is 15.8. The second-order valence-corrected chi connectivity index (χ2v) is 10.9. The Morgan fingerprint density at radius 2 is 1.94 bits per heavy atom. The summed E-state index contributed by atoms with van der Waals surface area (Å²) in [6.45, 7) is 12.8. The first-order valence-electron chi connectivity index (χ1n) is 13.0. The number of rotatable bonds is 5. The quantitative estimate of drug-likeness (QED) is 0.457. The smallest absolute Gasteiger partial charge is 0.125 e. The summed E-state index contributed by atoms with van der Waals surface area (Å²) in [7, 11) is 0. The third kappa shape index (κ3) is 5.73. The summed E-state index contributed by atoms with van der Waals surface area (Å²) in [6, 6.07) is 0. The van der Waals surface area contributed by atoms with Crippen LogP contribution < -0.4 is 0 Å². The lowest BCUT2D eigenvalue weighted by Gasteiger charge is -2.44. The van der Waals surface area contributed by atoms with E-state index in [0.29, 0.717) is 43.4 Å². The van der Waals surface area contributed by atoms with Crippen molar-refractivity contribution < 1.29 is 15.3 Å². The summed E-state index contributed by atoms with van der Waals surface area (Å²) < 4.78 is 0. The van der Waals surface area contributed by atoms with E-state index < -0.39 is 17.8 Å². The van der Waals surface area contributed by atoms with E-state index in [1.54, 1.807) is 0 Å². The summed E-state index contributed by atoms with van der Waals surface area (Å²) in [4.78, 5) is 0. The lowest BCUT2D eigenvalue weighted by molar-refractivity contribution is 0.0862. The van der Waals surface area contributed by atoms with E-state index >= 15 is 0 Å². The van der Waals surface area contributed by atoms with Crippen LogP contribution in [0.3, 0.4) is 0 Å². The summed E-state index contributed by atoms with van der Waals surface area (Å²) in [5.41, 5.74) is 2.69. The monoisotopic (exact) mass is 452 g/mol. The van der Waals surface area contributed by atoms with Crippen LogP contribution in [0.1, 0.15) is 85.5 Å². The Balaban J connectivity index is 1.73. The van der Waals surface area contributed by atoms with E-state index in [-0.39, 0.29) is 5.41 Å². The summed E-state index contributed by atoms with van der Waals surface area (Å²) in [5, 5.41) is 30.6. The van der Waals surface area contributed by atoms with Crippen molar-refractivity contribution in [2.24, 2.45) is 23.2 Å². The Labute approximate surface area is 201 Å². The number of aliphatic hydroxyl groups excluding tert-OH is 2. The topological polar surface area (TPSA) is 60.7 Å². The van der Waals surface area contributed by atoms with E-state index in [2.05, 4.69) is 50.5 Å². The molecule has 3 aliphatic rings. The lowest BCUT2D eigenvalue weighted by Crippen LogP contribution is -2.35. The van der Waals surface area contributed by atoms with Gasteiger partial charge in [0.05, 0.1) is 12.2 Å². The van der Waals surface area contributed by atoms with Gasteiger partial charge in [0.2, 0.25) is 0 Å². The highest BCUT2D eigenvalue weighted by atomic mass is 16.3. The molecule has 182 valence electrons. The van der Waals surface area contributed by atoms with Gasteiger partial charge in [0.15, 0.2) is 0 Å². The van der Waals surface area contributed by atoms with Gasteiger partial charge in [-0.1, -0.05) is 69.9 Å². The molecule has 3 aliphatic carbocycles. The maximum Gasteiger partial charge on any atom is 0.125 e. The van der Waals surface area contributed by atoms with Crippen molar-refractivity contribution in [2.45, 2.75) is 103 Å². The molecule has 0 aromatic carbocycles. The fourth-order valence-electron chi connectivity index (χ4n) is 6.55. The van der Waals surface area contributed by atoms with E-state index in [1.807, 2.05) is 19.9 Å². The third-order valence-corrected chi connectivity index (χ3v) is 8.89. The van der Waals surface area contributed by atoms with Crippen LogP contribution in [0.15, 0.2) is 47.6 Å². The number of fused-ring (bicyclic) bond motifs is 1. The molecule has 3 saturated carbocycles. The molecule has 6 atom stereocenters. The van der Waals surface area contributed by atoms with E-state index in [9.17, 15) is 15.3 Å². The molecule has 3 fully saturated rings. The first-order valence-corrected chi connectivity index (χ1v) is 13.0. The van der Waals surface area contributed by atoms with Gasteiger partial charge in [0, 0.05) is 6.42 Å². The molecule has 3 nitrogen and oxygen atoms in total. The Hall–Kier alpha value is -1.60. The normalized spacial score (nSPS) is 36.2. The van der Waals surface area contributed by atoms with Gasteiger partial charge < -0.3 is 15.3 Å². The van der Waals surface area contributed by atoms with Gasteiger partial charge in [-0.05, 0) is 91.8 Å². The van der Waals surface area contributed by atoms with Crippen molar-refractivity contribution in [1.82, 2.24) is 0 Å². The van der Waals surface area contributed by atoms with Crippen molar-refractivity contribution in [3.05, 3.63) is 47.6 Å². The second-order valence-electron chi connectivity index (χ2n) is 10.9. The second kappa shape index (κ2) is 10.8. The molecule has 0 heterocycles. The molecule has 0 aromatic heterocycles. The molecule has 0 amide bonds. The zero-order valence-electron chi connectivity index (χ0n) is 21.1. The number of allylic oxidation sites excluding steroid dienone is 5. The zero-order valence-corrected chi connectivity index (χ0v) is 21.1. The SMILES string of the molecule is C=C1/C(=C\C=C2/CCC[C@]3(C)[C@@H]([C@H](C)/C=C/C#CC(O)(CC)CC)CC[C@@H]23)C[C@@H](O)C[C@@H]1O. The van der Waals surface area contributed by atoms with Gasteiger partial charge in [-0.25, -0.2) is 0 Å². The largest absolute Gasteiger partial charge is 0.393 e. The molecule has 0 bridgehead atoms. The van der Waals surface area contributed by atoms with E-state index in [1.165, 1.54) is 31.3 Å². The first-order chi connectivity index (χ1) is 15.6. The van der Waals surface area contributed by atoms with Gasteiger partial charge in [-0.15, -0.1) is 0 Å². The molecule has 3 rings (SSSR count). The lowest BCUT2D eigenvalue weighted by atomic mass is 9.61. The van der Waals surface area contributed by atoms with Crippen LogP contribution in [0.5, 0.6) is 0 Å². The van der Waals surface area contributed by atoms with Crippen LogP contribution in [-0.2, 0) is 0 Å². The fraction of sp³-hybridized carbons (Fsp3) is 0.667. The van der Waals surface area contributed by atoms with E-state index in [0.717, 1.165) is 17.6 Å². The standard InChI is InChI=1S/C30H44O3/c1-6-30(33,7-2)18-9-8-11-21(3)26-15-16-27-23(12-10-17-29(26,27)5)13-14-24-19-25(31)20-28(32)22(24)4/h8,11,13-14,21,25-28,31-33H,4,6-7,10,12,15-17,19-20H2,1-3,5H3/b11-8+,23-13+,24-14-/t21-,25-,26-,27+,28+,29-/m1/s1. The van der Waals surface area contributed by atoms with Crippen molar-refractivity contribution in [2.75, 3.05) is 0 Å². The molecular weight excluding hydrogens is 408 g/mol. The molecule has 0 aliphatic heterocycles. The minimum atomic E-state index is -0.870. The highest BCUT2D eigenvalue weighted by Gasteiger charge is 2.50. The molecule has 0 aromatic rings. The maximum atomic E-state index is 10.4. The minimum absolute atomic E-state index is 0.288. The van der Waals surface area contributed by atoms with Crippen LogP contribution in [0.25, 0.3) is 0 Å². The Morgan fingerprint density at radius 3 is 2.64 bits per heavy atom. The molecule has 0 unspecified atom stereocenters. The van der Waals surface area contributed by atoms with Crippen molar-refractivity contribution >= 4 is 0 Å². The molecule has 0 saturated heterocycles. The van der Waals surface area contributed by atoms with Crippen molar-refractivity contribution in [3.63, 3.8) is 0 Å². The van der Waals surface area contributed by atoms with E-state index in [4.69, 9.17) is 0 Å². The summed E-state index contributed by atoms with van der Waals surface area (Å²) in [5.74, 6) is 7.79.